The van der Waals surface area contributed by atoms with Gasteiger partial charge in [0, 0.05) is 14.2 Å². The second kappa shape index (κ2) is 8.20. The van der Waals surface area contributed by atoms with E-state index in [0.29, 0.717) is 28.9 Å². The van der Waals surface area contributed by atoms with E-state index in [1.807, 2.05) is 41.7 Å². The molecule has 0 unspecified atom stereocenters. The van der Waals surface area contributed by atoms with Gasteiger partial charge in [-0.05, 0) is 30.7 Å². The summed E-state index contributed by atoms with van der Waals surface area (Å²) in [5.41, 5.74) is 4.06. The van der Waals surface area contributed by atoms with Crippen LogP contribution in [0.2, 0.25) is 5.02 Å². The van der Waals surface area contributed by atoms with Crippen molar-refractivity contribution in [2.24, 2.45) is 0 Å². The third-order valence-electron chi connectivity index (χ3n) is 4.64. The van der Waals surface area contributed by atoms with E-state index in [2.05, 4.69) is 20.6 Å². The van der Waals surface area contributed by atoms with Crippen molar-refractivity contribution in [1.82, 2.24) is 19.4 Å². The molecule has 0 saturated heterocycles. The molecule has 1 aromatic carbocycles. The molecule has 4 rings (SSSR count). The van der Waals surface area contributed by atoms with Crippen LogP contribution in [0.25, 0.3) is 16.7 Å². The molecule has 29 heavy (non-hydrogen) atoms. The Hall–Kier alpha value is -2.94. The van der Waals surface area contributed by atoms with Crippen molar-refractivity contribution in [3.05, 3.63) is 53.4 Å². The number of benzene rings is 1. The van der Waals surface area contributed by atoms with Gasteiger partial charge in [0.05, 0.1) is 23.5 Å². The SMILES string of the molecule is COC(CNc1ccc2nc(Nc3c(C)cccc3Cl)c3cncn3c2n1)OC. The average molecular weight is 413 g/mol. The molecule has 2 N–H and O–H groups in total. The fraction of sp³-hybridized carbons (Fsp3) is 0.250. The minimum Gasteiger partial charge on any atom is -0.365 e. The largest absolute Gasteiger partial charge is 0.365 e. The third-order valence-corrected chi connectivity index (χ3v) is 4.95. The van der Waals surface area contributed by atoms with Gasteiger partial charge in [-0.2, -0.15) is 0 Å². The maximum absolute atomic E-state index is 6.37. The maximum atomic E-state index is 6.37. The van der Waals surface area contributed by atoms with Crippen LogP contribution in [0.15, 0.2) is 42.9 Å². The molecule has 0 aliphatic rings. The summed E-state index contributed by atoms with van der Waals surface area (Å²) in [4.78, 5) is 13.7. The van der Waals surface area contributed by atoms with Crippen LogP contribution >= 0.6 is 11.6 Å². The Morgan fingerprint density at radius 1 is 1.14 bits per heavy atom. The van der Waals surface area contributed by atoms with Gasteiger partial charge in [0.15, 0.2) is 17.8 Å². The highest BCUT2D eigenvalue weighted by atomic mass is 35.5. The molecular weight excluding hydrogens is 392 g/mol. The average Bonchev–Trinajstić information content (AvgIpc) is 3.22. The molecule has 0 bridgehead atoms. The van der Waals surface area contributed by atoms with Gasteiger partial charge in [-0.1, -0.05) is 23.7 Å². The molecule has 0 spiro atoms. The van der Waals surface area contributed by atoms with E-state index in [1.165, 1.54) is 0 Å². The first-order valence-electron chi connectivity index (χ1n) is 9.05. The Labute approximate surface area is 172 Å². The molecule has 9 heteroatoms. The second-order valence-electron chi connectivity index (χ2n) is 6.49. The minimum atomic E-state index is -0.357. The number of imidazole rings is 1. The zero-order valence-electron chi connectivity index (χ0n) is 16.3. The van der Waals surface area contributed by atoms with E-state index in [9.17, 15) is 0 Å². The number of ether oxygens (including phenoxy) is 2. The van der Waals surface area contributed by atoms with E-state index in [4.69, 9.17) is 26.1 Å². The fourth-order valence-electron chi connectivity index (χ4n) is 3.07. The van der Waals surface area contributed by atoms with Crippen LogP contribution in [0.4, 0.5) is 17.3 Å². The fourth-order valence-corrected chi connectivity index (χ4v) is 3.34. The lowest BCUT2D eigenvalue weighted by atomic mass is 10.2. The van der Waals surface area contributed by atoms with Crippen LogP contribution in [0.5, 0.6) is 0 Å². The molecule has 8 nitrogen and oxygen atoms in total. The molecule has 0 amide bonds. The van der Waals surface area contributed by atoms with E-state index >= 15 is 0 Å². The van der Waals surface area contributed by atoms with Crippen molar-refractivity contribution in [1.29, 1.82) is 0 Å². The monoisotopic (exact) mass is 412 g/mol. The van der Waals surface area contributed by atoms with E-state index in [0.717, 1.165) is 22.3 Å². The number of nitrogens with zero attached hydrogens (tertiary/aromatic N) is 4. The van der Waals surface area contributed by atoms with Crippen molar-refractivity contribution in [2.75, 3.05) is 31.4 Å². The topological polar surface area (TPSA) is 85.6 Å². The summed E-state index contributed by atoms with van der Waals surface area (Å²) >= 11 is 6.37. The van der Waals surface area contributed by atoms with Crippen molar-refractivity contribution in [3.8, 4) is 0 Å². The Bertz CT molecular complexity index is 1140. The zero-order valence-corrected chi connectivity index (χ0v) is 17.1. The van der Waals surface area contributed by atoms with Gasteiger partial charge in [-0.15, -0.1) is 0 Å². The maximum Gasteiger partial charge on any atom is 0.173 e. The summed E-state index contributed by atoms with van der Waals surface area (Å²) in [6.07, 6.45) is 3.10. The summed E-state index contributed by atoms with van der Waals surface area (Å²) in [6, 6.07) is 9.53. The van der Waals surface area contributed by atoms with Crippen molar-refractivity contribution >= 4 is 45.6 Å². The van der Waals surface area contributed by atoms with Gasteiger partial charge in [-0.25, -0.2) is 15.0 Å². The number of rotatable bonds is 7. The second-order valence-corrected chi connectivity index (χ2v) is 6.89. The molecule has 0 radical (unpaired) electrons. The first-order chi connectivity index (χ1) is 14.1. The molecule has 4 aromatic rings. The van der Waals surface area contributed by atoms with Crippen LogP contribution in [-0.4, -0.2) is 46.4 Å². The number of anilines is 3. The van der Waals surface area contributed by atoms with Gasteiger partial charge >= 0.3 is 0 Å². The van der Waals surface area contributed by atoms with E-state index in [-0.39, 0.29) is 6.29 Å². The predicted molar refractivity (Wildman–Crippen MR) is 114 cm³/mol. The smallest absolute Gasteiger partial charge is 0.173 e. The van der Waals surface area contributed by atoms with Crippen LogP contribution < -0.4 is 10.6 Å². The highest BCUT2D eigenvalue weighted by Gasteiger charge is 2.13. The van der Waals surface area contributed by atoms with Gasteiger partial charge in [0.1, 0.15) is 23.2 Å². The van der Waals surface area contributed by atoms with Crippen LogP contribution in [0.1, 0.15) is 5.56 Å². The van der Waals surface area contributed by atoms with E-state index < -0.39 is 0 Å². The van der Waals surface area contributed by atoms with E-state index in [1.54, 1.807) is 26.7 Å². The molecule has 0 atom stereocenters. The number of nitrogens with one attached hydrogen (secondary N) is 2. The summed E-state index contributed by atoms with van der Waals surface area (Å²) < 4.78 is 12.3. The summed E-state index contributed by atoms with van der Waals surface area (Å²) in [6.45, 7) is 2.47. The Morgan fingerprint density at radius 3 is 2.72 bits per heavy atom. The van der Waals surface area contributed by atoms with Crippen LogP contribution in [0, 0.1) is 6.92 Å². The number of pyridine rings is 1. The number of hydrogen-bond donors (Lipinski definition) is 2. The molecule has 3 aromatic heterocycles. The van der Waals surface area contributed by atoms with Gasteiger partial charge < -0.3 is 20.1 Å². The summed E-state index contributed by atoms with van der Waals surface area (Å²) in [5, 5.41) is 7.19. The van der Waals surface area contributed by atoms with Crippen molar-refractivity contribution in [2.45, 2.75) is 13.2 Å². The molecule has 0 aliphatic carbocycles. The van der Waals surface area contributed by atoms with Crippen molar-refractivity contribution in [3.63, 3.8) is 0 Å². The lowest BCUT2D eigenvalue weighted by molar-refractivity contribution is -0.0914. The molecule has 0 fully saturated rings. The highest BCUT2D eigenvalue weighted by Crippen LogP contribution is 2.31. The number of hydrogen-bond acceptors (Lipinski definition) is 7. The molecule has 0 aliphatic heterocycles. The lowest BCUT2D eigenvalue weighted by Gasteiger charge is -2.15. The lowest BCUT2D eigenvalue weighted by Crippen LogP contribution is -2.24. The first-order valence-corrected chi connectivity index (χ1v) is 9.43. The summed E-state index contributed by atoms with van der Waals surface area (Å²) in [5.74, 6) is 1.35. The number of aryl methyl sites for hydroxylation is 1. The Balaban J connectivity index is 1.73. The zero-order chi connectivity index (χ0) is 20.4. The standard InChI is InChI=1S/C20H21ClN6O2/c1-12-5-4-6-13(21)18(12)26-19-15-9-22-11-27(15)20-14(24-19)7-8-16(25-20)23-10-17(28-2)29-3/h4-9,11,17H,10H2,1-3H3,(H,23,25)(H,24,26). The number of halogens is 1. The molecule has 150 valence electrons. The third kappa shape index (κ3) is 3.82. The number of methoxy groups -OCH3 is 2. The number of aromatic nitrogens is 4. The van der Waals surface area contributed by atoms with Crippen LogP contribution in [0.3, 0.4) is 0 Å². The number of para-hydroxylation sites is 1. The van der Waals surface area contributed by atoms with Crippen LogP contribution in [-0.2, 0) is 9.47 Å². The first kappa shape index (κ1) is 19.4. The quantitative estimate of drug-likeness (QED) is 0.443. The molecular formula is C20H21ClN6O2. The Kier molecular flexibility index (Phi) is 5.48. The van der Waals surface area contributed by atoms with Gasteiger partial charge in [-0.3, -0.25) is 4.40 Å². The molecule has 3 heterocycles. The van der Waals surface area contributed by atoms with Gasteiger partial charge in [0.2, 0.25) is 0 Å². The Morgan fingerprint density at radius 2 is 1.97 bits per heavy atom. The van der Waals surface area contributed by atoms with Crippen molar-refractivity contribution < 1.29 is 9.47 Å². The minimum absolute atomic E-state index is 0.357. The molecule has 0 saturated carbocycles. The summed E-state index contributed by atoms with van der Waals surface area (Å²) in [7, 11) is 3.19. The predicted octanol–water partition coefficient (Wildman–Crippen LogP) is 4.01. The van der Waals surface area contributed by atoms with Gasteiger partial charge in [0.25, 0.3) is 0 Å². The normalized spacial score (nSPS) is 11.5. The number of fused-ring (bicyclic) bond motifs is 3. The highest BCUT2D eigenvalue weighted by molar-refractivity contribution is 6.33.